The van der Waals surface area contributed by atoms with Crippen LogP contribution in [0, 0.1) is 11.3 Å². The molecule has 0 aromatic rings. The predicted octanol–water partition coefficient (Wildman–Crippen LogP) is 3.23. The van der Waals surface area contributed by atoms with Crippen molar-refractivity contribution < 1.29 is 18.8 Å². The van der Waals surface area contributed by atoms with Crippen LogP contribution in [0.4, 0.5) is 0 Å². The molecule has 0 rings (SSSR count). The molecule has 0 fully saturated rings. The molecule has 7 heteroatoms. The van der Waals surface area contributed by atoms with Gasteiger partial charge in [0.1, 0.15) is 6.42 Å². The van der Waals surface area contributed by atoms with Crippen LogP contribution >= 0.6 is 9.47 Å². The van der Waals surface area contributed by atoms with Gasteiger partial charge in [-0.05, 0) is 40.5 Å². The molecule has 0 aliphatic carbocycles. The highest BCUT2D eigenvalue weighted by Crippen LogP contribution is 2.30. The summed E-state index contributed by atoms with van der Waals surface area (Å²) < 4.78 is 16.1. The van der Waals surface area contributed by atoms with Crippen molar-refractivity contribution in [1.29, 1.82) is 5.26 Å². The van der Waals surface area contributed by atoms with Gasteiger partial charge in [-0.25, -0.2) is 4.90 Å². The van der Waals surface area contributed by atoms with Gasteiger partial charge in [-0.15, -0.1) is 0 Å². The summed E-state index contributed by atoms with van der Waals surface area (Å²) in [5.41, 5.74) is 0. The Hall–Kier alpha value is -0.730. The van der Waals surface area contributed by atoms with Crippen LogP contribution in [0.5, 0.6) is 0 Å². The summed E-state index contributed by atoms with van der Waals surface area (Å²) in [7, 11) is 3.62. The smallest absolute Gasteiger partial charge is 0.305 e. The number of rotatable bonds is 12. The van der Waals surface area contributed by atoms with Gasteiger partial charge < -0.3 is 14.0 Å². The molecule has 0 N–H and O–H groups in total. The van der Waals surface area contributed by atoms with E-state index in [-0.39, 0.29) is 24.5 Å². The monoisotopic (exact) mass is 346 g/mol. The number of unbranched alkanes of at least 4 members (excludes halogenated alkanes) is 2. The summed E-state index contributed by atoms with van der Waals surface area (Å²) in [6.45, 7) is 8.67. The molecule has 0 aromatic carbocycles. The fourth-order valence-electron chi connectivity index (χ4n) is 2.72. The Labute approximate surface area is 142 Å². The second kappa shape index (κ2) is 11.8. The van der Waals surface area contributed by atoms with E-state index in [1.807, 2.05) is 0 Å². The lowest BCUT2D eigenvalue weighted by Crippen LogP contribution is -2.57. The van der Waals surface area contributed by atoms with Crippen LogP contribution in [-0.2, 0) is 18.8 Å². The predicted molar refractivity (Wildman–Crippen MR) is 92.3 cm³/mol. The van der Waals surface area contributed by atoms with E-state index in [4.69, 9.17) is 9.26 Å². The van der Waals surface area contributed by atoms with E-state index in [0.717, 1.165) is 19.3 Å². The highest BCUT2D eigenvalue weighted by Gasteiger charge is 2.41. The van der Waals surface area contributed by atoms with Crippen LogP contribution in [0.2, 0.25) is 0 Å². The van der Waals surface area contributed by atoms with Gasteiger partial charge >= 0.3 is 5.97 Å². The minimum absolute atomic E-state index is 0.120. The van der Waals surface area contributed by atoms with Gasteiger partial charge in [0.05, 0.1) is 19.8 Å². The first-order valence-corrected chi connectivity index (χ1v) is 8.55. The van der Waals surface area contributed by atoms with Crippen LogP contribution in [-0.4, -0.2) is 42.6 Å². The quantitative estimate of drug-likeness (QED) is 0.234. The van der Waals surface area contributed by atoms with Crippen molar-refractivity contribution in [2.45, 2.75) is 77.8 Å². The lowest BCUT2D eigenvalue weighted by Gasteiger charge is -2.45. The maximum absolute atomic E-state index is 11.1. The molecule has 0 bridgehead atoms. The van der Waals surface area contributed by atoms with Gasteiger partial charge in [-0.3, -0.25) is 4.79 Å². The minimum Gasteiger partial charge on any atom is -0.469 e. The Morgan fingerprint density at radius 1 is 1.22 bits per heavy atom. The summed E-state index contributed by atoms with van der Waals surface area (Å²) in [6.07, 6.45) is 2.96. The zero-order valence-electron chi connectivity index (χ0n) is 15.0. The molecule has 0 saturated carbocycles. The third-order valence-electron chi connectivity index (χ3n) is 3.57. The Bertz CT molecular complexity index is 377. The largest absolute Gasteiger partial charge is 0.469 e. The Morgan fingerprint density at radius 2 is 1.83 bits per heavy atom. The van der Waals surface area contributed by atoms with Gasteiger partial charge in [-0.2, -0.15) is 5.26 Å². The molecule has 2 atom stereocenters. The number of nitrogens with zero attached hydrogens (tertiary/aromatic N) is 2. The minimum atomic E-state index is -1.07. The van der Waals surface area contributed by atoms with Crippen molar-refractivity contribution in [2.24, 2.45) is 0 Å². The standard InChI is InChI=1S/C16H31N2O4P/c1-13(2)18(14(3)4)16(22-23,10-11-17)21-12-8-6-7-9-15(19)20-5/h13-14H,6-10,12,23H2,1-5H3. The molecule has 2 unspecified atom stereocenters. The van der Waals surface area contributed by atoms with Crippen molar-refractivity contribution in [3.05, 3.63) is 0 Å². The van der Waals surface area contributed by atoms with Gasteiger partial charge in [0, 0.05) is 28.0 Å². The number of nitriles is 1. The number of hydrogen-bond donors (Lipinski definition) is 0. The molecule has 0 spiro atoms. The summed E-state index contributed by atoms with van der Waals surface area (Å²) in [5, 5.41) is 9.18. The van der Waals surface area contributed by atoms with E-state index < -0.39 is 5.91 Å². The SMILES string of the molecule is COC(=O)CCCCCOC(CC#N)(OP)N(C(C)C)C(C)C. The average molecular weight is 346 g/mol. The average Bonchev–Trinajstić information content (AvgIpc) is 2.49. The van der Waals surface area contributed by atoms with Crippen LogP contribution in [0.25, 0.3) is 0 Å². The molecule has 6 nitrogen and oxygen atoms in total. The maximum Gasteiger partial charge on any atom is 0.305 e. The van der Waals surface area contributed by atoms with E-state index in [9.17, 15) is 10.1 Å². The highest BCUT2D eigenvalue weighted by atomic mass is 31.0. The Kier molecular flexibility index (Phi) is 11.4. The summed E-state index contributed by atoms with van der Waals surface area (Å²) >= 11 is 0. The van der Waals surface area contributed by atoms with Crippen molar-refractivity contribution >= 4 is 15.4 Å². The number of carbonyl (C=O) groups is 1. The third kappa shape index (κ3) is 7.58. The number of esters is 1. The van der Waals surface area contributed by atoms with Crippen LogP contribution in [0.3, 0.4) is 0 Å². The number of ether oxygens (including phenoxy) is 2. The Balaban J connectivity index is 4.61. The van der Waals surface area contributed by atoms with Crippen LogP contribution < -0.4 is 0 Å². The normalized spacial score (nSPS) is 14.1. The second-order valence-electron chi connectivity index (χ2n) is 6.00. The van der Waals surface area contributed by atoms with E-state index in [1.54, 1.807) is 0 Å². The molecule has 23 heavy (non-hydrogen) atoms. The first-order valence-electron chi connectivity index (χ1n) is 8.08. The third-order valence-corrected chi connectivity index (χ3v) is 3.94. The summed E-state index contributed by atoms with van der Waals surface area (Å²) in [6, 6.07) is 2.50. The first kappa shape index (κ1) is 22.3. The fourth-order valence-corrected chi connectivity index (χ4v) is 2.99. The van der Waals surface area contributed by atoms with E-state index in [0.29, 0.717) is 13.0 Å². The lowest BCUT2D eigenvalue weighted by atomic mass is 10.1. The maximum atomic E-state index is 11.1. The topological polar surface area (TPSA) is 71.8 Å². The van der Waals surface area contributed by atoms with Crippen molar-refractivity contribution in [3.8, 4) is 6.07 Å². The van der Waals surface area contributed by atoms with Gasteiger partial charge in [0.25, 0.3) is 0 Å². The van der Waals surface area contributed by atoms with Gasteiger partial charge in [0.2, 0.25) is 5.91 Å². The molecular formula is C16H31N2O4P. The van der Waals surface area contributed by atoms with E-state index in [1.165, 1.54) is 7.11 Å². The first-order chi connectivity index (χ1) is 10.8. The molecule has 0 radical (unpaired) electrons. The summed E-state index contributed by atoms with van der Waals surface area (Å²) in [4.78, 5) is 13.1. The molecule has 0 aliphatic rings. The van der Waals surface area contributed by atoms with Gasteiger partial charge in [0.15, 0.2) is 0 Å². The molecule has 0 aliphatic heterocycles. The van der Waals surface area contributed by atoms with Crippen molar-refractivity contribution in [2.75, 3.05) is 13.7 Å². The molecule has 0 aromatic heterocycles. The second-order valence-corrected chi connectivity index (χ2v) is 6.23. The number of methoxy groups -OCH3 is 1. The molecular weight excluding hydrogens is 315 g/mol. The van der Waals surface area contributed by atoms with Crippen molar-refractivity contribution in [1.82, 2.24) is 4.90 Å². The van der Waals surface area contributed by atoms with Crippen LogP contribution in [0.1, 0.15) is 59.8 Å². The number of carbonyl (C=O) groups excluding carboxylic acids is 1. The highest BCUT2D eigenvalue weighted by molar-refractivity contribution is 7.09. The van der Waals surface area contributed by atoms with E-state index >= 15 is 0 Å². The molecule has 134 valence electrons. The Morgan fingerprint density at radius 3 is 2.26 bits per heavy atom. The van der Waals surface area contributed by atoms with Gasteiger partial charge in [-0.1, -0.05) is 6.42 Å². The van der Waals surface area contributed by atoms with Crippen LogP contribution in [0.15, 0.2) is 0 Å². The molecule has 0 heterocycles. The number of hydrogen-bond acceptors (Lipinski definition) is 6. The zero-order valence-corrected chi connectivity index (χ0v) is 16.2. The zero-order chi connectivity index (χ0) is 17.9. The molecule has 0 saturated heterocycles. The van der Waals surface area contributed by atoms with E-state index in [2.05, 4.69) is 52.9 Å². The van der Waals surface area contributed by atoms with Crippen molar-refractivity contribution in [3.63, 3.8) is 0 Å². The molecule has 0 amide bonds. The lowest BCUT2D eigenvalue weighted by molar-refractivity contribution is -0.283. The summed E-state index contributed by atoms with van der Waals surface area (Å²) in [5.74, 6) is -1.26. The fraction of sp³-hybridized carbons (Fsp3) is 0.875.